The molecular weight excluding hydrogens is 248 g/mol. The van der Waals surface area contributed by atoms with Gasteiger partial charge in [-0.25, -0.2) is 0 Å². The Bertz CT molecular complexity index is 407. The molecule has 2 aliphatic carbocycles. The van der Waals surface area contributed by atoms with Crippen molar-refractivity contribution >= 4 is 8.07 Å². The predicted molar refractivity (Wildman–Crippen MR) is 84.6 cm³/mol. The molecule has 0 aromatic rings. The molecule has 2 aliphatic rings. The Morgan fingerprint density at radius 1 is 1.32 bits per heavy atom. The van der Waals surface area contributed by atoms with E-state index in [1.807, 2.05) is 0 Å². The van der Waals surface area contributed by atoms with Crippen LogP contribution in [-0.2, 0) is 0 Å². The molecule has 1 saturated carbocycles. The van der Waals surface area contributed by atoms with E-state index in [-0.39, 0.29) is 0 Å². The summed E-state index contributed by atoms with van der Waals surface area (Å²) >= 11 is 0. The second-order valence-electron chi connectivity index (χ2n) is 7.24. The van der Waals surface area contributed by atoms with Crippen LogP contribution in [0.3, 0.4) is 0 Å². The van der Waals surface area contributed by atoms with E-state index in [2.05, 4.69) is 37.2 Å². The molecule has 2 rings (SSSR count). The van der Waals surface area contributed by atoms with Crippen LogP contribution in [0.2, 0.25) is 19.6 Å². The maximum Gasteiger partial charge on any atom is 0.129 e. The fourth-order valence-electron chi connectivity index (χ4n) is 3.43. The molecule has 106 valence electrons. The van der Waals surface area contributed by atoms with Crippen molar-refractivity contribution in [2.24, 2.45) is 5.92 Å². The molecule has 0 aromatic carbocycles. The molecule has 2 heteroatoms. The largest absolute Gasteiger partial charge is 0.385 e. The van der Waals surface area contributed by atoms with Crippen LogP contribution >= 0.6 is 0 Å². The highest BCUT2D eigenvalue weighted by Crippen LogP contribution is 2.45. The first-order valence-electron chi connectivity index (χ1n) is 7.84. The van der Waals surface area contributed by atoms with E-state index in [0.29, 0.717) is 5.92 Å². The lowest BCUT2D eigenvalue weighted by Gasteiger charge is -2.34. The molecule has 0 heterocycles. The Kier molecular flexibility index (Phi) is 4.58. The molecule has 0 bridgehead atoms. The number of allylic oxidation sites excluding steroid dienone is 1. The van der Waals surface area contributed by atoms with Crippen LogP contribution in [0.4, 0.5) is 0 Å². The predicted octanol–water partition coefficient (Wildman–Crippen LogP) is 4.29. The zero-order valence-electron chi connectivity index (χ0n) is 12.8. The topological polar surface area (TPSA) is 20.2 Å². The molecule has 2 atom stereocenters. The average Bonchev–Trinajstić information content (AvgIpc) is 2.72. The molecule has 0 spiro atoms. The molecule has 0 aromatic heterocycles. The van der Waals surface area contributed by atoms with E-state index in [1.165, 1.54) is 18.4 Å². The summed E-state index contributed by atoms with van der Waals surface area (Å²) in [6, 6.07) is 0. The van der Waals surface area contributed by atoms with Crippen LogP contribution in [0.15, 0.2) is 11.6 Å². The SMILES string of the molecule is C[Si](C)(C)C#CC[C@@H]1CCC[C@@]1(O)C1=CCCCC1. The molecule has 0 radical (unpaired) electrons. The first-order chi connectivity index (χ1) is 8.92. The third kappa shape index (κ3) is 3.74. The van der Waals surface area contributed by atoms with E-state index < -0.39 is 13.7 Å². The Labute approximate surface area is 119 Å². The smallest absolute Gasteiger partial charge is 0.129 e. The average molecular weight is 276 g/mol. The van der Waals surface area contributed by atoms with E-state index in [4.69, 9.17) is 0 Å². The molecule has 0 unspecified atom stereocenters. The van der Waals surface area contributed by atoms with E-state index >= 15 is 0 Å². The summed E-state index contributed by atoms with van der Waals surface area (Å²) in [4.78, 5) is 0. The molecule has 0 saturated heterocycles. The maximum atomic E-state index is 11.1. The number of hydrogen-bond donors (Lipinski definition) is 1. The summed E-state index contributed by atoms with van der Waals surface area (Å²) in [5, 5.41) is 11.1. The fraction of sp³-hybridized carbons (Fsp3) is 0.765. The van der Waals surface area contributed by atoms with Crippen molar-refractivity contribution in [3.63, 3.8) is 0 Å². The summed E-state index contributed by atoms with van der Waals surface area (Å²) in [6.45, 7) is 6.85. The third-order valence-corrected chi connectivity index (χ3v) is 5.37. The van der Waals surface area contributed by atoms with Gasteiger partial charge in [0, 0.05) is 12.3 Å². The molecule has 0 amide bonds. The van der Waals surface area contributed by atoms with Crippen molar-refractivity contribution in [2.75, 3.05) is 0 Å². The summed E-state index contributed by atoms with van der Waals surface area (Å²) < 4.78 is 0. The lowest BCUT2D eigenvalue weighted by Crippen LogP contribution is -2.36. The maximum absolute atomic E-state index is 11.1. The highest BCUT2D eigenvalue weighted by Gasteiger charge is 2.43. The monoisotopic (exact) mass is 276 g/mol. The van der Waals surface area contributed by atoms with Gasteiger partial charge in [-0.3, -0.25) is 0 Å². The van der Waals surface area contributed by atoms with Crippen LogP contribution in [0.25, 0.3) is 0 Å². The van der Waals surface area contributed by atoms with Crippen LogP contribution in [0.1, 0.15) is 51.4 Å². The Hall–Kier alpha value is -0.523. The fourth-order valence-corrected chi connectivity index (χ4v) is 4.06. The lowest BCUT2D eigenvalue weighted by atomic mass is 9.77. The quantitative estimate of drug-likeness (QED) is 0.453. The first-order valence-corrected chi connectivity index (χ1v) is 11.3. The molecular formula is C17H28OSi. The molecule has 1 nitrogen and oxygen atoms in total. The van der Waals surface area contributed by atoms with Crippen molar-refractivity contribution in [3.8, 4) is 11.5 Å². The Morgan fingerprint density at radius 2 is 2.11 bits per heavy atom. The second-order valence-corrected chi connectivity index (χ2v) is 12.0. The Morgan fingerprint density at radius 3 is 2.74 bits per heavy atom. The van der Waals surface area contributed by atoms with Gasteiger partial charge in [-0.15, -0.1) is 11.5 Å². The zero-order valence-corrected chi connectivity index (χ0v) is 13.8. The van der Waals surface area contributed by atoms with Gasteiger partial charge >= 0.3 is 0 Å². The standard InChI is InChI=1S/C17H28OSi/c1-19(2,3)14-8-12-16-11-7-13-17(16,18)15-9-5-4-6-10-15/h9,16,18H,4-7,10-13H2,1-3H3/t16-,17+/m0/s1. The van der Waals surface area contributed by atoms with Crippen LogP contribution in [0, 0.1) is 17.4 Å². The summed E-state index contributed by atoms with van der Waals surface area (Å²) in [5.41, 5.74) is 4.26. The van der Waals surface area contributed by atoms with Crippen molar-refractivity contribution in [3.05, 3.63) is 11.6 Å². The van der Waals surface area contributed by atoms with Crippen LogP contribution in [0.5, 0.6) is 0 Å². The summed E-state index contributed by atoms with van der Waals surface area (Å²) in [6.07, 6.45) is 11.3. The van der Waals surface area contributed by atoms with Gasteiger partial charge in [-0.2, -0.15) is 0 Å². The van der Waals surface area contributed by atoms with Crippen molar-refractivity contribution in [1.82, 2.24) is 0 Å². The minimum absolute atomic E-state index is 0.376. The van der Waals surface area contributed by atoms with Gasteiger partial charge in [0.2, 0.25) is 0 Å². The summed E-state index contributed by atoms with van der Waals surface area (Å²) in [5.74, 6) is 3.76. The number of rotatable bonds is 2. The highest BCUT2D eigenvalue weighted by atomic mass is 28.3. The van der Waals surface area contributed by atoms with Crippen molar-refractivity contribution in [2.45, 2.75) is 76.6 Å². The van der Waals surface area contributed by atoms with Gasteiger partial charge in [-0.05, 0) is 50.5 Å². The van der Waals surface area contributed by atoms with Gasteiger partial charge in [0.25, 0.3) is 0 Å². The zero-order chi connectivity index (χ0) is 13.9. The molecule has 19 heavy (non-hydrogen) atoms. The van der Waals surface area contributed by atoms with Gasteiger partial charge in [0.15, 0.2) is 0 Å². The van der Waals surface area contributed by atoms with Gasteiger partial charge < -0.3 is 5.11 Å². The van der Waals surface area contributed by atoms with E-state index in [1.54, 1.807) is 0 Å². The van der Waals surface area contributed by atoms with E-state index in [0.717, 1.165) is 38.5 Å². The minimum Gasteiger partial charge on any atom is -0.385 e. The second kappa shape index (κ2) is 5.85. The molecule has 1 fully saturated rings. The molecule has 1 N–H and O–H groups in total. The summed E-state index contributed by atoms with van der Waals surface area (Å²) in [7, 11) is -1.27. The van der Waals surface area contributed by atoms with Crippen molar-refractivity contribution in [1.29, 1.82) is 0 Å². The number of hydrogen-bond acceptors (Lipinski definition) is 1. The van der Waals surface area contributed by atoms with Crippen LogP contribution < -0.4 is 0 Å². The lowest BCUT2D eigenvalue weighted by molar-refractivity contribution is 0.0361. The minimum atomic E-state index is -1.27. The normalized spacial score (nSPS) is 31.6. The Balaban J connectivity index is 2.07. The van der Waals surface area contributed by atoms with Crippen LogP contribution in [-0.4, -0.2) is 18.8 Å². The molecule has 0 aliphatic heterocycles. The van der Waals surface area contributed by atoms with Gasteiger partial charge in [0.05, 0.1) is 5.60 Å². The highest BCUT2D eigenvalue weighted by molar-refractivity contribution is 6.83. The van der Waals surface area contributed by atoms with Gasteiger partial charge in [0.1, 0.15) is 8.07 Å². The number of aliphatic hydroxyl groups is 1. The van der Waals surface area contributed by atoms with E-state index in [9.17, 15) is 5.11 Å². The van der Waals surface area contributed by atoms with Crippen molar-refractivity contribution < 1.29 is 5.11 Å². The first kappa shape index (κ1) is 14.9. The third-order valence-electron chi connectivity index (χ3n) is 4.44. The van der Waals surface area contributed by atoms with Gasteiger partial charge in [-0.1, -0.05) is 25.7 Å².